The number of ether oxygens (including phenoxy) is 2. The smallest absolute Gasteiger partial charge is 0.138 e. The SMILES string of the molecule is Cc1ccc(Cl)c(OC[C@@H](O)CN2CCOCC2)c1. The number of rotatable bonds is 5. The summed E-state index contributed by atoms with van der Waals surface area (Å²) in [5.74, 6) is 0.627. The fourth-order valence-electron chi connectivity index (χ4n) is 2.04. The highest BCUT2D eigenvalue weighted by molar-refractivity contribution is 6.32. The molecule has 1 heterocycles. The minimum atomic E-state index is -0.519. The van der Waals surface area contributed by atoms with E-state index in [4.69, 9.17) is 21.1 Å². The first kappa shape index (κ1) is 14.6. The van der Waals surface area contributed by atoms with Crippen molar-refractivity contribution in [1.29, 1.82) is 0 Å². The van der Waals surface area contributed by atoms with Crippen LogP contribution >= 0.6 is 11.6 Å². The van der Waals surface area contributed by atoms with Gasteiger partial charge >= 0.3 is 0 Å². The molecule has 0 amide bonds. The van der Waals surface area contributed by atoms with Crippen molar-refractivity contribution in [2.75, 3.05) is 39.5 Å². The number of aliphatic hydroxyl groups excluding tert-OH is 1. The van der Waals surface area contributed by atoms with Crippen LogP contribution in [0.3, 0.4) is 0 Å². The van der Waals surface area contributed by atoms with Gasteiger partial charge in [0.05, 0.1) is 18.2 Å². The topological polar surface area (TPSA) is 41.9 Å². The van der Waals surface area contributed by atoms with Crippen LogP contribution in [0.4, 0.5) is 0 Å². The molecule has 0 spiro atoms. The summed E-state index contributed by atoms with van der Waals surface area (Å²) in [6.45, 7) is 6.03. The predicted molar refractivity (Wildman–Crippen MR) is 74.9 cm³/mol. The largest absolute Gasteiger partial charge is 0.489 e. The number of benzene rings is 1. The van der Waals surface area contributed by atoms with E-state index in [0.29, 0.717) is 17.3 Å². The van der Waals surface area contributed by atoms with Crippen LogP contribution in [0.2, 0.25) is 5.02 Å². The molecule has 0 unspecified atom stereocenters. The maximum absolute atomic E-state index is 9.97. The molecule has 1 atom stereocenters. The van der Waals surface area contributed by atoms with Crippen LogP contribution in [0.5, 0.6) is 5.75 Å². The van der Waals surface area contributed by atoms with Gasteiger partial charge in [-0.3, -0.25) is 4.90 Å². The Hall–Kier alpha value is -0.810. The van der Waals surface area contributed by atoms with Gasteiger partial charge in [0.1, 0.15) is 18.5 Å². The van der Waals surface area contributed by atoms with E-state index in [2.05, 4.69) is 4.90 Å². The Morgan fingerprint density at radius 1 is 1.42 bits per heavy atom. The van der Waals surface area contributed by atoms with Crippen molar-refractivity contribution in [3.63, 3.8) is 0 Å². The van der Waals surface area contributed by atoms with Crippen LogP contribution in [0.1, 0.15) is 5.56 Å². The van der Waals surface area contributed by atoms with Gasteiger partial charge in [-0.15, -0.1) is 0 Å². The molecule has 1 aromatic rings. The van der Waals surface area contributed by atoms with Crippen LogP contribution in [0.25, 0.3) is 0 Å². The molecule has 0 bridgehead atoms. The van der Waals surface area contributed by atoms with Crippen molar-refractivity contribution in [3.8, 4) is 5.75 Å². The summed E-state index contributed by atoms with van der Waals surface area (Å²) >= 11 is 6.04. The highest BCUT2D eigenvalue weighted by atomic mass is 35.5. The third-order valence-corrected chi connectivity index (χ3v) is 3.40. The zero-order chi connectivity index (χ0) is 13.7. The van der Waals surface area contributed by atoms with E-state index in [0.717, 1.165) is 31.9 Å². The predicted octanol–water partition coefficient (Wildman–Crippen LogP) is 1.72. The molecule has 1 aliphatic heterocycles. The number of aryl methyl sites for hydroxylation is 1. The monoisotopic (exact) mass is 285 g/mol. The average molecular weight is 286 g/mol. The Morgan fingerprint density at radius 3 is 2.89 bits per heavy atom. The van der Waals surface area contributed by atoms with Gasteiger partial charge in [-0.2, -0.15) is 0 Å². The first-order chi connectivity index (χ1) is 9.15. The van der Waals surface area contributed by atoms with E-state index in [1.165, 1.54) is 0 Å². The number of hydrogen-bond donors (Lipinski definition) is 1. The van der Waals surface area contributed by atoms with Gasteiger partial charge in [0.15, 0.2) is 0 Å². The Kier molecular flexibility index (Phi) is 5.45. The molecule has 2 rings (SSSR count). The third-order valence-electron chi connectivity index (χ3n) is 3.09. The Balaban J connectivity index is 1.79. The minimum Gasteiger partial charge on any atom is -0.489 e. The zero-order valence-electron chi connectivity index (χ0n) is 11.1. The lowest BCUT2D eigenvalue weighted by atomic mass is 10.2. The van der Waals surface area contributed by atoms with Gasteiger partial charge in [0, 0.05) is 19.6 Å². The van der Waals surface area contributed by atoms with Crippen molar-refractivity contribution in [2.24, 2.45) is 0 Å². The quantitative estimate of drug-likeness (QED) is 0.894. The van der Waals surface area contributed by atoms with Crippen molar-refractivity contribution >= 4 is 11.6 Å². The molecule has 1 fully saturated rings. The van der Waals surface area contributed by atoms with Crippen LogP contribution in [0.15, 0.2) is 18.2 Å². The van der Waals surface area contributed by atoms with Crippen molar-refractivity contribution in [1.82, 2.24) is 4.90 Å². The molecule has 0 saturated carbocycles. The summed E-state index contributed by atoms with van der Waals surface area (Å²) in [4.78, 5) is 2.18. The van der Waals surface area contributed by atoms with Crippen LogP contribution in [0, 0.1) is 6.92 Å². The fourth-order valence-corrected chi connectivity index (χ4v) is 2.21. The average Bonchev–Trinajstić information content (AvgIpc) is 2.41. The van der Waals surface area contributed by atoms with E-state index in [9.17, 15) is 5.11 Å². The van der Waals surface area contributed by atoms with Crippen molar-refractivity contribution in [3.05, 3.63) is 28.8 Å². The lowest BCUT2D eigenvalue weighted by Crippen LogP contribution is -2.42. The summed E-state index contributed by atoms with van der Waals surface area (Å²) in [5.41, 5.74) is 1.09. The second kappa shape index (κ2) is 7.10. The van der Waals surface area contributed by atoms with E-state index >= 15 is 0 Å². The molecular formula is C14H20ClNO3. The number of morpholine rings is 1. The zero-order valence-corrected chi connectivity index (χ0v) is 11.9. The van der Waals surface area contributed by atoms with Gasteiger partial charge in [0.2, 0.25) is 0 Å². The van der Waals surface area contributed by atoms with Gasteiger partial charge < -0.3 is 14.6 Å². The number of halogens is 1. The van der Waals surface area contributed by atoms with Crippen LogP contribution < -0.4 is 4.74 Å². The standard InChI is InChI=1S/C14H20ClNO3/c1-11-2-3-13(15)14(8-11)19-10-12(17)9-16-4-6-18-7-5-16/h2-3,8,12,17H,4-7,9-10H2,1H3/t12-/m0/s1. The molecule has 19 heavy (non-hydrogen) atoms. The number of hydrogen-bond acceptors (Lipinski definition) is 4. The second-order valence-electron chi connectivity index (χ2n) is 4.81. The van der Waals surface area contributed by atoms with Crippen molar-refractivity contribution < 1.29 is 14.6 Å². The second-order valence-corrected chi connectivity index (χ2v) is 5.22. The molecule has 1 saturated heterocycles. The van der Waals surface area contributed by atoms with E-state index in [1.807, 2.05) is 19.1 Å². The summed E-state index contributed by atoms with van der Waals surface area (Å²) in [5, 5.41) is 10.5. The van der Waals surface area contributed by atoms with Gasteiger partial charge in [-0.1, -0.05) is 17.7 Å². The molecule has 1 N–H and O–H groups in total. The number of aliphatic hydroxyl groups is 1. The van der Waals surface area contributed by atoms with Gasteiger partial charge in [0.25, 0.3) is 0 Å². The first-order valence-corrected chi connectivity index (χ1v) is 6.90. The normalized spacial score (nSPS) is 18.3. The molecule has 1 aromatic carbocycles. The maximum atomic E-state index is 9.97. The molecular weight excluding hydrogens is 266 g/mol. The Bertz CT molecular complexity index is 408. The minimum absolute atomic E-state index is 0.251. The van der Waals surface area contributed by atoms with Crippen molar-refractivity contribution in [2.45, 2.75) is 13.0 Å². The maximum Gasteiger partial charge on any atom is 0.138 e. The molecule has 5 heteroatoms. The first-order valence-electron chi connectivity index (χ1n) is 6.52. The molecule has 0 aliphatic carbocycles. The van der Waals surface area contributed by atoms with E-state index in [1.54, 1.807) is 6.07 Å². The van der Waals surface area contributed by atoms with Crippen LogP contribution in [-0.4, -0.2) is 55.6 Å². The summed E-state index contributed by atoms with van der Waals surface area (Å²) in [6, 6.07) is 5.61. The molecule has 106 valence electrons. The van der Waals surface area contributed by atoms with Crippen LogP contribution in [-0.2, 0) is 4.74 Å². The number of β-amino-alcohol motifs (C(OH)–C–C–N with tert-alkyl or cyclic N) is 1. The van der Waals surface area contributed by atoms with Gasteiger partial charge in [-0.25, -0.2) is 0 Å². The highest BCUT2D eigenvalue weighted by Gasteiger charge is 2.15. The van der Waals surface area contributed by atoms with E-state index in [-0.39, 0.29) is 6.61 Å². The molecule has 0 radical (unpaired) electrons. The molecule has 0 aromatic heterocycles. The fraction of sp³-hybridized carbons (Fsp3) is 0.571. The lowest BCUT2D eigenvalue weighted by Gasteiger charge is -2.28. The summed E-state index contributed by atoms with van der Waals surface area (Å²) in [6.07, 6.45) is -0.519. The highest BCUT2D eigenvalue weighted by Crippen LogP contribution is 2.25. The van der Waals surface area contributed by atoms with Gasteiger partial charge in [-0.05, 0) is 24.6 Å². The number of nitrogens with zero attached hydrogens (tertiary/aromatic N) is 1. The molecule has 1 aliphatic rings. The van der Waals surface area contributed by atoms with E-state index < -0.39 is 6.10 Å². The Morgan fingerprint density at radius 2 is 2.16 bits per heavy atom. The summed E-state index contributed by atoms with van der Waals surface area (Å²) in [7, 11) is 0. The Labute approximate surface area is 118 Å². The lowest BCUT2D eigenvalue weighted by molar-refractivity contribution is 0.00466. The third kappa shape index (κ3) is 4.66. The summed E-state index contributed by atoms with van der Waals surface area (Å²) < 4.78 is 10.8. The molecule has 4 nitrogen and oxygen atoms in total.